The minimum Gasteiger partial charge on any atom is -0.394 e. The van der Waals surface area contributed by atoms with E-state index in [0.717, 1.165) is 39.7 Å². The minimum absolute atomic E-state index is 0.00898. The second-order valence-electron chi connectivity index (χ2n) is 9.70. The first-order valence-corrected chi connectivity index (χ1v) is 12.7. The molecule has 0 saturated carbocycles. The van der Waals surface area contributed by atoms with Gasteiger partial charge < -0.3 is 20.1 Å². The van der Waals surface area contributed by atoms with Crippen molar-refractivity contribution in [1.29, 1.82) is 0 Å². The van der Waals surface area contributed by atoms with Crippen LogP contribution >= 0.6 is 11.6 Å². The van der Waals surface area contributed by atoms with Crippen molar-refractivity contribution in [3.05, 3.63) is 81.9 Å². The summed E-state index contributed by atoms with van der Waals surface area (Å²) < 4.78 is 90.7. The van der Waals surface area contributed by atoms with Crippen molar-refractivity contribution in [1.82, 2.24) is 24.5 Å². The number of aromatic nitrogens is 5. The summed E-state index contributed by atoms with van der Waals surface area (Å²) in [6.07, 6.45) is -9.91. The lowest BCUT2D eigenvalue weighted by Gasteiger charge is -2.42. The number of hydrogen-bond donors (Lipinski definition) is 3. The number of hydrogen-bond acceptors (Lipinski definition) is 7. The highest BCUT2D eigenvalue weighted by Gasteiger charge is 2.49. The van der Waals surface area contributed by atoms with Crippen LogP contribution in [0.5, 0.6) is 0 Å². The van der Waals surface area contributed by atoms with Crippen molar-refractivity contribution in [2.45, 2.75) is 50.5 Å². The molecule has 42 heavy (non-hydrogen) atoms. The largest absolute Gasteiger partial charge is 0.418 e. The van der Waals surface area contributed by atoms with Gasteiger partial charge in [-0.3, -0.25) is 4.68 Å². The Bertz CT molecular complexity index is 1620. The maximum atomic E-state index is 13.9. The van der Waals surface area contributed by atoms with Gasteiger partial charge in [0, 0.05) is 16.8 Å². The summed E-state index contributed by atoms with van der Waals surface area (Å²) in [7, 11) is 0. The van der Waals surface area contributed by atoms with Crippen LogP contribution < -0.4 is 0 Å². The van der Waals surface area contributed by atoms with Crippen molar-refractivity contribution in [3.8, 4) is 16.8 Å². The van der Waals surface area contributed by atoms with E-state index in [2.05, 4.69) is 15.2 Å². The van der Waals surface area contributed by atoms with Crippen molar-refractivity contribution >= 4 is 11.6 Å². The standard InChI is InChI=1S/C26H22ClF6N5O4/c1-10-14(12-5-16(28)20(30)17(29)6-12)8-37(35-10)21-22(40)19(9-39)42-24(23(21)41)25-34-11(2)36-38(25)18-7-13(27)3-4-15(18)26(31,32)33/h3-8,19,21-24,39-41H,9H2,1-2H3/t19?,21?,22-,23-,24+/m0/s1. The van der Waals surface area contributed by atoms with E-state index in [1.165, 1.54) is 20.0 Å². The zero-order valence-corrected chi connectivity index (χ0v) is 22.4. The molecule has 224 valence electrons. The first kappa shape index (κ1) is 30.0. The first-order chi connectivity index (χ1) is 19.7. The van der Waals surface area contributed by atoms with Crippen molar-refractivity contribution in [2.75, 3.05) is 6.61 Å². The van der Waals surface area contributed by atoms with E-state index < -0.39 is 71.9 Å². The molecule has 1 aliphatic heterocycles. The smallest absolute Gasteiger partial charge is 0.394 e. The molecule has 1 aliphatic rings. The van der Waals surface area contributed by atoms with Crippen molar-refractivity contribution in [2.24, 2.45) is 0 Å². The van der Waals surface area contributed by atoms with Gasteiger partial charge in [-0.15, -0.1) is 0 Å². The maximum absolute atomic E-state index is 13.9. The van der Waals surface area contributed by atoms with Crippen LogP contribution in [0.1, 0.15) is 35.1 Å². The zero-order chi connectivity index (χ0) is 30.7. The van der Waals surface area contributed by atoms with Gasteiger partial charge in [0.1, 0.15) is 36.3 Å². The molecule has 5 atom stereocenters. The molecule has 0 bridgehead atoms. The first-order valence-electron chi connectivity index (χ1n) is 12.3. The van der Waals surface area contributed by atoms with Gasteiger partial charge in [-0.2, -0.15) is 23.4 Å². The average Bonchev–Trinajstić information content (AvgIpc) is 3.48. The molecule has 0 aliphatic carbocycles. The second kappa shape index (κ2) is 11.0. The quantitative estimate of drug-likeness (QED) is 0.227. The molecule has 3 heterocycles. The lowest BCUT2D eigenvalue weighted by atomic mass is 9.92. The highest BCUT2D eigenvalue weighted by molar-refractivity contribution is 6.30. The van der Waals surface area contributed by atoms with Gasteiger partial charge in [0.05, 0.1) is 23.6 Å². The number of benzene rings is 2. The van der Waals surface area contributed by atoms with E-state index in [1.54, 1.807) is 0 Å². The predicted octanol–water partition coefficient (Wildman–Crippen LogP) is 4.23. The predicted molar refractivity (Wildman–Crippen MR) is 134 cm³/mol. The molecule has 2 unspecified atom stereocenters. The normalized spacial score (nSPS) is 23.0. The number of ether oxygens (including phenoxy) is 1. The molecule has 16 heteroatoms. The molecular formula is C26H22ClF6N5O4. The number of aliphatic hydroxyl groups excluding tert-OH is 3. The van der Waals surface area contributed by atoms with Gasteiger partial charge in [0.15, 0.2) is 23.3 Å². The molecule has 0 radical (unpaired) electrons. The maximum Gasteiger partial charge on any atom is 0.418 e. The van der Waals surface area contributed by atoms with Crippen LogP contribution in [0.15, 0.2) is 36.5 Å². The summed E-state index contributed by atoms with van der Waals surface area (Å²) in [5, 5.41) is 40.7. The molecule has 1 saturated heterocycles. The Hall–Kier alpha value is -3.50. The summed E-state index contributed by atoms with van der Waals surface area (Å²) >= 11 is 6.00. The summed E-state index contributed by atoms with van der Waals surface area (Å²) in [6.45, 7) is 2.08. The molecule has 0 spiro atoms. The van der Waals surface area contributed by atoms with Crippen LogP contribution in [-0.4, -0.2) is 64.8 Å². The Balaban J connectivity index is 1.61. The second-order valence-corrected chi connectivity index (χ2v) is 10.1. The number of rotatable bonds is 5. The highest BCUT2D eigenvalue weighted by Crippen LogP contribution is 2.41. The van der Waals surface area contributed by atoms with Gasteiger partial charge in [0.2, 0.25) is 0 Å². The Morgan fingerprint density at radius 1 is 1.00 bits per heavy atom. The third-order valence-electron chi connectivity index (χ3n) is 6.90. The van der Waals surface area contributed by atoms with Crippen molar-refractivity contribution in [3.63, 3.8) is 0 Å². The third kappa shape index (κ3) is 5.26. The summed E-state index contributed by atoms with van der Waals surface area (Å²) in [5.74, 6) is -4.85. The fourth-order valence-electron chi connectivity index (χ4n) is 4.97. The van der Waals surface area contributed by atoms with E-state index in [9.17, 15) is 41.7 Å². The fraction of sp³-hybridized carbons (Fsp3) is 0.346. The Labute approximate surface area is 238 Å². The topological polar surface area (TPSA) is 118 Å². The summed E-state index contributed by atoms with van der Waals surface area (Å²) in [4.78, 5) is 4.18. The molecule has 0 amide bonds. The van der Waals surface area contributed by atoms with Crippen LogP contribution in [0, 0.1) is 31.3 Å². The van der Waals surface area contributed by atoms with E-state index in [0.29, 0.717) is 0 Å². The molecule has 9 nitrogen and oxygen atoms in total. The van der Waals surface area contributed by atoms with Crippen molar-refractivity contribution < 1.29 is 46.4 Å². The Kier molecular flexibility index (Phi) is 7.83. The Morgan fingerprint density at radius 2 is 1.67 bits per heavy atom. The third-order valence-corrected chi connectivity index (χ3v) is 7.13. The number of aliphatic hydroxyl groups is 3. The SMILES string of the molecule is Cc1nc([C@@H]2OC(CO)[C@H](O)C(n3cc(-c4cc(F)c(F)c(F)c4)c(C)n3)[C@@H]2O)n(-c2cc(Cl)ccc2C(F)(F)F)n1. The van der Waals surface area contributed by atoms with Crippen LogP contribution in [0.2, 0.25) is 5.02 Å². The van der Waals surface area contributed by atoms with Crippen LogP contribution in [0.25, 0.3) is 16.8 Å². The van der Waals surface area contributed by atoms with Gasteiger partial charge in [0.25, 0.3) is 0 Å². The number of alkyl halides is 3. The molecule has 1 fully saturated rings. The van der Waals surface area contributed by atoms with Gasteiger partial charge in [-0.05, 0) is 49.7 Å². The van der Waals surface area contributed by atoms with Gasteiger partial charge in [-0.1, -0.05) is 11.6 Å². The van der Waals surface area contributed by atoms with Crippen LogP contribution in [0.4, 0.5) is 26.3 Å². The summed E-state index contributed by atoms with van der Waals surface area (Å²) in [5.41, 5.74) is -1.40. The summed E-state index contributed by atoms with van der Waals surface area (Å²) in [6, 6.07) is 2.91. The molecule has 5 rings (SSSR count). The molecule has 2 aromatic carbocycles. The van der Waals surface area contributed by atoms with Crippen LogP contribution in [0.3, 0.4) is 0 Å². The van der Waals surface area contributed by atoms with E-state index in [1.807, 2.05) is 0 Å². The average molecular weight is 618 g/mol. The molecule has 4 aromatic rings. The number of aryl methyl sites for hydroxylation is 2. The zero-order valence-electron chi connectivity index (χ0n) is 21.7. The van der Waals surface area contributed by atoms with Gasteiger partial charge >= 0.3 is 6.18 Å². The number of nitrogens with zero attached hydrogens (tertiary/aromatic N) is 5. The lowest BCUT2D eigenvalue weighted by molar-refractivity contribution is -0.210. The highest BCUT2D eigenvalue weighted by atomic mass is 35.5. The van der Waals surface area contributed by atoms with Crippen LogP contribution in [-0.2, 0) is 10.9 Å². The number of halogens is 7. The molecule has 2 aromatic heterocycles. The lowest BCUT2D eigenvalue weighted by Crippen LogP contribution is -2.53. The minimum atomic E-state index is -4.82. The Morgan fingerprint density at radius 3 is 2.29 bits per heavy atom. The van der Waals surface area contributed by atoms with Gasteiger partial charge in [-0.25, -0.2) is 22.8 Å². The monoisotopic (exact) mass is 617 g/mol. The van der Waals surface area contributed by atoms with E-state index in [-0.39, 0.29) is 33.5 Å². The van der Waals surface area contributed by atoms with E-state index >= 15 is 0 Å². The fourth-order valence-corrected chi connectivity index (χ4v) is 5.14. The van der Waals surface area contributed by atoms with E-state index in [4.69, 9.17) is 16.3 Å². The molecular weight excluding hydrogens is 596 g/mol. The molecule has 3 N–H and O–H groups in total.